The molecule has 154 valence electrons. The van der Waals surface area contributed by atoms with E-state index in [4.69, 9.17) is 9.15 Å². The van der Waals surface area contributed by atoms with Gasteiger partial charge in [-0.05, 0) is 50.6 Å². The molecule has 1 aromatic heterocycles. The summed E-state index contributed by atoms with van der Waals surface area (Å²) in [4.78, 5) is 6.26. The average Bonchev–Trinajstić information content (AvgIpc) is 3.19. The fraction of sp³-hybridized carbons (Fsp3) is 0.400. The fourth-order valence-electron chi connectivity index (χ4n) is 2.62. The van der Waals surface area contributed by atoms with E-state index in [1.165, 1.54) is 17.5 Å². The molecule has 0 saturated heterocycles. The van der Waals surface area contributed by atoms with Crippen molar-refractivity contribution in [2.45, 2.75) is 40.8 Å². The summed E-state index contributed by atoms with van der Waals surface area (Å²) in [6, 6.07) is 8.57. The van der Waals surface area contributed by atoms with Crippen LogP contribution in [-0.2, 0) is 17.9 Å². The summed E-state index contributed by atoms with van der Waals surface area (Å²) in [5.41, 5.74) is 2.51. The lowest BCUT2D eigenvalue weighted by atomic mass is 9.98. The summed E-state index contributed by atoms with van der Waals surface area (Å²) >= 11 is 0. The Balaban J connectivity index is 1.79. The molecule has 0 aliphatic carbocycles. The number of hydrogen-bond acceptors (Lipinski definition) is 4. The van der Waals surface area contributed by atoms with E-state index in [-0.39, 0.29) is 5.41 Å². The van der Waals surface area contributed by atoms with E-state index in [0.717, 1.165) is 25.4 Å². The normalized spacial score (nSPS) is 12.0. The average molecular weight is 393 g/mol. The van der Waals surface area contributed by atoms with Crippen LogP contribution in [0.15, 0.2) is 59.5 Å². The number of hydrogen-bond donors (Lipinski definition) is 0. The Kier molecular flexibility index (Phi) is 9.43. The summed E-state index contributed by atoms with van der Waals surface area (Å²) < 4.78 is 10.9. The highest BCUT2D eigenvalue weighted by Crippen LogP contribution is 2.11. The maximum absolute atomic E-state index is 5.73. The number of likely N-dealkylation sites (N-methyl/N-ethyl adjacent to an activating group) is 1. The Morgan fingerprint density at radius 2 is 2.03 bits per heavy atom. The number of nitrogens with zero attached hydrogens (tertiary/aromatic N) is 2. The van der Waals surface area contributed by atoms with E-state index in [0.29, 0.717) is 13.2 Å². The molecular weight excluding hydrogens is 360 g/mol. The summed E-state index contributed by atoms with van der Waals surface area (Å²) in [5, 5.41) is 0. The lowest BCUT2D eigenvalue weighted by molar-refractivity contribution is 0.149. The molecule has 0 aliphatic rings. The standard InChI is InChI=1S/C25H32N2O2/c1-5-27(15-8-6-7-14-25(2,3)4)19-22-11-9-12-23(17-22)20-28-16-10-13-24-18-26-21-29-24/h6,8-13,17-18,21H,5,15-16,19-20H2,1-4H3. The van der Waals surface area contributed by atoms with Gasteiger partial charge in [-0.15, -0.1) is 0 Å². The van der Waals surface area contributed by atoms with E-state index >= 15 is 0 Å². The van der Waals surface area contributed by atoms with Crippen molar-refractivity contribution in [3.63, 3.8) is 0 Å². The molecule has 1 heterocycles. The van der Waals surface area contributed by atoms with Crippen molar-refractivity contribution >= 4 is 6.08 Å². The van der Waals surface area contributed by atoms with Crippen molar-refractivity contribution in [2.75, 3.05) is 19.7 Å². The number of benzene rings is 1. The summed E-state index contributed by atoms with van der Waals surface area (Å²) in [6.45, 7) is 12.5. The van der Waals surface area contributed by atoms with Crippen molar-refractivity contribution in [3.05, 3.63) is 72.0 Å². The molecule has 29 heavy (non-hydrogen) atoms. The van der Waals surface area contributed by atoms with Gasteiger partial charge in [-0.2, -0.15) is 0 Å². The molecule has 0 saturated carbocycles. The second kappa shape index (κ2) is 12.1. The van der Waals surface area contributed by atoms with Crippen LogP contribution in [0.1, 0.15) is 44.6 Å². The largest absolute Gasteiger partial charge is 0.444 e. The monoisotopic (exact) mass is 392 g/mol. The molecule has 0 spiro atoms. The molecule has 0 fully saturated rings. The highest BCUT2D eigenvalue weighted by molar-refractivity contribution is 5.40. The molecule has 0 amide bonds. The second-order valence-electron chi connectivity index (χ2n) is 7.89. The minimum Gasteiger partial charge on any atom is -0.444 e. The van der Waals surface area contributed by atoms with Gasteiger partial charge in [0, 0.05) is 18.5 Å². The second-order valence-corrected chi connectivity index (χ2v) is 7.89. The minimum atomic E-state index is 0.0447. The number of allylic oxidation sites excluding steroid dienone is 1. The summed E-state index contributed by atoms with van der Waals surface area (Å²) in [5.74, 6) is 7.09. The van der Waals surface area contributed by atoms with Gasteiger partial charge in [0.2, 0.25) is 0 Å². The SMILES string of the molecule is CCN(CC=CC#CC(C)(C)C)Cc1cccc(COCC=Cc2cnco2)c1. The number of rotatable bonds is 10. The highest BCUT2D eigenvalue weighted by atomic mass is 16.5. The minimum absolute atomic E-state index is 0.0447. The lowest BCUT2D eigenvalue weighted by Crippen LogP contribution is -2.22. The molecular formula is C25H32N2O2. The van der Waals surface area contributed by atoms with Crippen molar-refractivity contribution in [1.29, 1.82) is 0 Å². The number of aromatic nitrogens is 1. The molecule has 0 bridgehead atoms. The fourth-order valence-corrected chi connectivity index (χ4v) is 2.62. The van der Waals surface area contributed by atoms with Gasteiger partial charge in [0.05, 0.1) is 19.4 Å². The van der Waals surface area contributed by atoms with E-state index in [9.17, 15) is 0 Å². The molecule has 0 N–H and O–H groups in total. The topological polar surface area (TPSA) is 38.5 Å². The van der Waals surface area contributed by atoms with Crippen LogP contribution >= 0.6 is 0 Å². The van der Waals surface area contributed by atoms with E-state index in [1.54, 1.807) is 6.20 Å². The molecule has 0 atom stereocenters. The molecule has 1 aromatic carbocycles. The maximum atomic E-state index is 5.73. The first-order chi connectivity index (χ1) is 14.0. The first kappa shape index (κ1) is 22.7. The van der Waals surface area contributed by atoms with Crippen LogP contribution in [0.3, 0.4) is 0 Å². The number of oxazole rings is 1. The lowest BCUT2D eigenvalue weighted by Gasteiger charge is -2.18. The molecule has 0 radical (unpaired) electrons. The highest BCUT2D eigenvalue weighted by Gasteiger charge is 2.04. The van der Waals surface area contributed by atoms with Gasteiger partial charge in [0.25, 0.3) is 0 Å². The summed E-state index contributed by atoms with van der Waals surface area (Å²) in [7, 11) is 0. The van der Waals surface area contributed by atoms with Crippen molar-refractivity contribution in [2.24, 2.45) is 5.41 Å². The van der Waals surface area contributed by atoms with Gasteiger partial charge in [0.15, 0.2) is 6.39 Å². The number of ether oxygens (including phenoxy) is 1. The van der Waals surface area contributed by atoms with Crippen LogP contribution in [0.5, 0.6) is 0 Å². The van der Waals surface area contributed by atoms with Crippen LogP contribution in [0.25, 0.3) is 6.08 Å². The molecule has 0 aliphatic heterocycles. The smallest absolute Gasteiger partial charge is 0.181 e. The Morgan fingerprint density at radius 1 is 1.21 bits per heavy atom. The third-order valence-corrected chi connectivity index (χ3v) is 4.07. The van der Waals surface area contributed by atoms with Crippen LogP contribution in [0.2, 0.25) is 0 Å². The van der Waals surface area contributed by atoms with Crippen molar-refractivity contribution in [1.82, 2.24) is 9.88 Å². The van der Waals surface area contributed by atoms with Gasteiger partial charge in [-0.3, -0.25) is 4.90 Å². The molecule has 4 heteroatoms. The van der Waals surface area contributed by atoms with Gasteiger partial charge in [-0.25, -0.2) is 4.98 Å². The van der Waals surface area contributed by atoms with Crippen molar-refractivity contribution < 1.29 is 9.15 Å². The third-order valence-electron chi connectivity index (χ3n) is 4.07. The van der Waals surface area contributed by atoms with Crippen LogP contribution in [0, 0.1) is 17.3 Å². The van der Waals surface area contributed by atoms with Gasteiger partial charge in [0.1, 0.15) is 5.76 Å². The predicted molar refractivity (Wildman–Crippen MR) is 119 cm³/mol. The quantitative estimate of drug-likeness (QED) is 0.404. The van der Waals surface area contributed by atoms with E-state index < -0.39 is 0 Å². The molecule has 0 unspecified atom stereocenters. The molecule has 2 rings (SSSR count). The van der Waals surface area contributed by atoms with Gasteiger partial charge in [-0.1, -0.05) is 55.2 Å². The van der Waals surface area contributed by atoms with Crippen LogP contribution in [0.4, 0.5) is 0 Å². The first-order valence-corrected chi connectivity index (χ1v) is 10.1. The molecule has 2 aromatic rings. The van der Waals surface area contributed by atoms with Gasteiger partial charge < -0.3 is 9.15 Å². The third kappa shape index (κ3) is 9.94. The van der Waals surface area contributed by atoms with Crippen LogP contribution < -0.4 is 0 Å². The molecule has 4 nitrogen and oxygen atoms in total. The predicted octanol–water partition coefficient (Wildman–Crippen LogP) is 5.33. The first-order valence-electron chi connectivity index (χ1n) is 10.1. The maximum Gasteiger partial charge on any atom is 0.181 e. The van der Waals surface area contributed by atoms with E-state index in [2.05, 4.69) is 79.8 Å². The Labute approximate surface area is 175 Å². The Bertz CT molecular complexity index is 834. The zero-order valence-electron chi connectivity index (χ0n) is 18.0. The van der Waals surface area contributed by atoms with Gasteiger partial charge >= 0.3 is 0 Å². The van der Waals surface area contributed by atoms with Crippen LogP contribution in [-0.4, -0.2) is 29.6 Å². The zero-order valence-corrected chi connectivity index (χ0v) is 18.0. The zero-order chi connectivity index (χ0) is 21.0. The van der Waals surface area contributed by atoms with Crippen molar-refractivity contribution in [3.8, 4) is 11.8 Å². The summed E-state index contributed by atoms with van der Waals surface area (Å²) in [6.07, 6.45) is 11.0. The Hall–Kier alpha value is -2.61. The van der Waals surface area contributed by atoms with E-state index in [1.807, 2.05) is 18.2 Å². The Morgan fingerprint density at radius 3 is 2.76 bits per heavy atom.